The third-order valence-corrected chi connectivity index (χ3v) is 2.96. The van der Waals surface area contributed by atoms with Gasteiger partial charge in [0.05, 0.1) is 18.1 Å². The van der Waals surface area contributed by atoms with E-state index in [-0.39, 0.29) is 0 Å². The van der Waals surface area contributed by atoms with Gasteiger partial charge in [-0.05, 0) is 39.5 Å². The Kier molecular flexibility index (Phi) is 5.98. The number of methoxy groups -OCH3 is 1. The van der Waals surface area contributed by atoms with Gasteiger partial charge in [0.1, 0.15) is 5.75 Å². The number of hydrogen-bond donors (Lipinski definition) is 2. The Morgan fingerprint density at radius 1 is 1.50 bits per heavy atom. The van der Waals surface area contributed by atoms with E-state index in [1.807, 2.05) is 18.2 Å². The Bertz CT molecular complexity index is 419. The van der Waals surface area contributed by atoms with Gasteiger partial charge < -0.3 is 15.8 Å². The quantitative estimate of drug-likeness (QED) is 0.648. The van der Waals surface area contributed by atoms with Crippen molar-refractivity contribution in [1.29, 1.82) is 0 Å². The summed E-state index contributed by atoms with van der Waals surface area (Å²) in [6.45, 7) is 5.64. The van der Waals surface area contributed by atoms with Gasteiger partial charge in [-0.1, -0.05) is 19.9 Å². The highest BCUT2D eigenvalue weighted by Gasteiger charge is 2.01. The molecule has 0 fully saturated rings. The Morgan fingerprint density at radius 2 is 2.22 bits per heavy atom. The van der Waals surface area contributed by atoms with Crippen molar-refractivity contribution in [3.8, 4) is 5.75 Å². The van der Waals surface area contributed by atoms with Crippen molar-refractivity contribution in [2.75, 3.05) is 13.7 Å². The minimum absolute atomic E-state index is 0.482. The topological polar surface area (TPSA) is 59.6 Å². The van der Waals surface area contributed by atoms with E-state index >= 15 is 0 Å². The molecular weight excluding hydrogens is 294 g/mol. The smallest absolute Gasteiger partial charge is 0.188 e. The number of guanidine groups is 1. The second-order valence-electron chi connectivity index (χ2n) is 4.45. The molecule has 0 spiro atoms. The zero-order valence-corrected chi connectivity index (χ0v) is 12.6. The fourth-order valence-electron chi connectivity index (χ4n) is 1.35. The zero-order valence-electron chi connectivity index (χ0n) is 11.0. The molecule has 0 heterocycles. The number of ether oxygens (including phenoxy) is 1. The van der Waals surface area contributed by atoms with Gasteiger partial charge in [-0.3, -0.25) is 0 Å². The van der Waals surface area contributed by atoms with E-state index in [1.165, 1.54) is 0 Å². The predicted octanol–water partition coefficient (Wildman–Crippen LogP) is 2.52. The summed E-state index contributed by atoms with van der Waals surface area (Å²) in [5.74, 6) is 1.85. The van der Waals surface area contributed by atoms with Gasteiger partial charge in [0, 0.05) is 6.54 Å². The van der Waals surface area contributed by atoms with Crippen molar-refractivity contribution in [1.82, 2.24) is 5.32 Å². The number of halogens is 1. The molecular formula is C13H20BrN3O. The van der Waals surface area contributed by atoms with Crippen LogP contribution in [0.4, 0.5) is 0 Å². The molecule has 18 heavy (non-hydrogen) atoms. The minimum atomic E-state index is 0.482. The van der Waals surface area contributed by atoms with Crippen LogP contribution in [0.3, 0.4) is 0 Å². The average molecular weight is 314 g/mol. The van der Waals surface area contributed by atoms with Crippen molar-refractivity contribution in [3.05, 3.63) is 28.2 Å². The van der Waals surface area contributed by atoms with E-state index in [0.29, 0.717) is 18.4 Å². The normalized spacial score (nSPS) is 11.7. The first-order valence-corrected chi connectivity index (χ1v) is 6.68. The van der Waals surface area contributed by atoms with Crippen molar-refractivity contribution in [3.63, 3.8) is 0 Å². The first-order valence-electron chi connectivity index (χ1n) is 5.89. The summed E-state index contributed by atoms with van der Waals surface area (Å²) >= 11 is 3.44. The molecule has 0 unspecified atom stereocenters. The highest BCUT2D eigenvalue weighted by molar-refractivity contribution is 9.10. The van der Waals surface area contributed by atoms with Crippen molar-refractivity contribution in [2.45, 2.75) is 20.4 Å². The van der Waals surface area contributed by atoms with Crippen molar-refractivity contribution in [2.24, 2.45) is 16.6 Å². The molecule has 0 amide bonds. The molecule has 1 aromatic carbocycles. The van der Waals surface area contributed by atoms with E-state index < -0.39 is 0 Å². The first kappa shape index (κ1) is 14.8. The summed E-state index contributed by atoms with van der Waals surface area (Å²) in [5, 5.41) is 3.08. The van der Waals surface area contributed by atoms with Gasteiger partial charge in [-0.15, -0.1) is 0 Å². The average Bonchev–Trinajstić information content (AvgIpc) is 2.34. The molecule has 100 valence electrons. The maximum atomic E-state index is 5.77. The Hall–Kier alpha value is -1.23. The fraction of sp³-hybridized carbons (Fsp3) is 0.462. The molecule has 0 aliphatic rings. The monoisotopic (exact) mass is 313 g/mol. The maximum Gasteiger partial charge on any atom is 0.188 e. The first-order chi connectivity index (χ1) is 8.52. The molecule has 0 aromatic heterocycles. The van der Waals surface area contributed by atoms with Gasteiger partial charge in [0.25, 0.3) is 0 Å². The van der Waals surface area contributed by atoms with Gasteiger partial charge in [-0.25, -0.2) is 4.99 Å². The molecule has 0 saturated heterocycles. The van der Waals surface area contributed by atoms with Gasteiger partial charge in [0.2, 0.25) is 0 Å². The molecule has 4 nitrogen and oxygen atoms in total. The van der Waals surface area contributed by atoms with Crippen LogP contribution in [0.2, 0.25) is 0 Å². The number of rotatable bonds is 5. The van der Waals surface area contributed by atoms with Crippen LogP contribution in [0.5, 0.6) is 5.75 Å². The summed E-state index contributed by atoms with van der Waals surface area (Å²) < 4.78 is 6.09. The second kappa shape index (κ2) is 7.26. The SMILES string of the molecule is COc1ccc(CN=C(N)NCC(C)C)cc1Br. The van der Waals surface area contributed by atoms with E-state index in [0.717, 1.165) is 22.3 Å². The Balaban J connectivity index is 2.57. The molecule has 3 N–H and O–H groups in total. The fourth-order valence-corrected chi connectivity index (χ4v) is 1.94. The van der Waals surface area contributed by atoms with Gasteiger partial charge in [0.15, 0.2) is 5.96 Å². The lowest BCUT2D eigenvalue weighted by Crippen LogP contribution is -2.34. The van der Waals surface area contributed by atoms with Crippen LogP contribution < -0.4 is 15.8 Å². The number of benzene rings is 1. The van der Waals surface area contributed by atoms with Gasteiger partial charge in [-0.2, -0.15) is 0 Å². The predicted molar refractivity (Wildman–Crippen MR) is 78.9 cm³/mol. The second-order valence-corrected chi connectivity index (χ2v) is 5.30. The maximum absolute atomic E-state index is 5.77. The van der Waals surface area contributed by atoms with Crippen molar-refractivity contribution < 1.29 is 4.74 Å². The van der Waals surface area contributed by atoms with Gasteiger partial charge >= 0.3 is 0 Å². The van der Waals surface area contributed by atoms with Crippen LogP contribution in [0.15, 0.2) is 27.7 Å². The summed E-state index contributed by atoms with van der Waals surface area (Å²) in [7, 11) is 1.64. The molecule has 0 radical (unpaired) electrons. The third-order valence-electron chi connectivity index (χ3n) is 2.34. The summed E-state index contributed by atoms with van der Waals surface area (Å²) in [6, 6.07) is 5.87. The van der Waals surface area contributed by atoms with Crippen LogP contribution in [0, 0.1) is 5.92 Å². The Morgan fingerprint density at radius 3 is 2.78 bits per heavy atom. The lowest BCUT2D eigenvalue weighted by atomic mass is 10.2. The van der Waals surface area contributed by atoms with E-state index in [9.17, 15) is 0 Å². The third kappa shape index (κ3) is 4.96. The molecule has 0 atom stereocenters. The molecule has 0 aliphatic carbocycles. The number of aliphatic imine (C=N–C) groups is 1. The standard InChI is InChI=1S/C13H20BrN3O/c1-9(2)7-16-13(15)17-8-10-4-5-12(18-3)11(14)6-10/h4-6,9H,7-8H2,1-3H3,(H3,15,16,17). The van der Waals surface area contributed by atoms with Crippen LogP contribution in [0.25, 0.3) is 0 Å². The summed E-state index contributed by atoms with van der Waals surface area (Å²) in [4.78, 5) is 4.28. The van der Waals surface area contributed by atoms with E-state index in [2.05, 4.69) is 40.1 Å². The summed E-state index contributed by atoms with van der Waals surface area (Å²) in [5.41, 5.74) is 6.85. The molecule has 0 aliphatic heterocycles. The summed E-state index contributed by atoms with van der Waals surface area (Å²) in [6.07, 6.45) is 0. The molecule has 1 aromatic rings. The van der Waals surface area contributed by atoms with Crippen LogP contribution in [-0.2, 0) is 6.54 Å². The highest BCUT2D eigenvalue weighted by atomic mass is 79.9. The molecule has 0 saturated carbocycles. The molecule has 5 heteroatoms. The number of nitrogens with two attached hydrogens (primary N) is 1. The largest absolute Gasteiger partial charge is 0.496 e. The van der Waals surface area contributed by atoms with Crippen LogP contribution >= 0.6 is 15.9 Å². The van der Waals surface area contributed by atoms with Crippen LogP contribution in [-0.4, -0.2) is 19.6 Å². The lowest BCUT2D eigenvalue weighted by molar-refractivity contribution is 0.412. The highest BCUT2D eigenvalue weighted by Crippen LogP contribution is 2.25. The number of hydrogen-bond acceptors (Lipinski definition) is 2. The minimum Gasteiger partial charge on any atom is -0.496 e. The number of nitrogens with one attached hydrogen (secondary N) is 1. The lowest BCUT2D eigenvalue weighted by Gasteiger charge is -2.08. The van der Waals surface area contributed by atoms with E-state index in [4.69, 9.17) is 10.5 Å². The Labute approximate surface area is 117 Å². The molecule has 1 rings (SSSR count). The molecule has 0 bridgehead atoms. The zero-order chi connectivity index (χ0) is 13.5. The number of nitrogens with zero attached hydrogens (tertiary/aromatic N) is 1. The van der Waals surface area contributed by atoms with E-state index in [1.54, 1.807) is 7.11 Å². The van der Waals surface area contributed by atoms with Crippen molar-refractivity contribution >= 4 is 21.9 Å². The van der Waals surface area contributed by atoms with Crippen LogP contribution in [0.1, 0.15) is 19.4 Å².